The van der Waals surface area contributed by atoms with Crippen LogP contribution in [0.25, 0.3) is 21.7 Å². The molecule has 1 heterocycles. The van der Waals surface area contributed by atoms with Gasteiger partial charge in [0.15, 0.2) is 0 Å². The summed E-state index contributed by atoms with van der Waals surface area (Å²) in [5.41, 5.74) is 5.59. The van der Waals surface area contributed by atoms with Crippen LogP contribution in [-0.2, 0) is 0 Å². The smallest absolute Gasteiger partial charge is 0.275 e. The molecule has 0 aliphatic carbocycles. The maximum Gasteiger partial charge on any atom is 0.275 e. The Morgan fingerprint density at radius 2 is 1.77 bits per heavy atom. The van der Waals surface area contributed by atoms with Crippen molar-refractivity contribution in [3.8, 4) is 5.75 Å². The number of benzene rings is 3. The first kappa shape index (κ1) is 15.9. The van der Waals surface area contributed by atoms with E-state index in [9.17, 15) is 9.90 Å². The largest absolute Gasteiger partial charge is 0.507 e. The van der Waals surface area contributed by atoms with Gasteiger partial charge in [0.1, 0.15) is 5.75 Å². The number of hydrogen-bond donors (Lipinski definition) is 3. The number of para-hydroxylation sites is 1. The molecular formula is C21H17N3O2. The molecule has 0 saturated carbocycles. The average molecular weight is 343 g/mol. The molecule has 4 aromatic rings. The van der Waals surface area contributed by atoms with Gasteiger partial charge in [-0.25, -0.2) is 5.43 Å². The summed E-state index contributed by atoms with van der Waals surface area (Å²) in [6.45, 7) is 1.96. The first-order valence-corrected chi connectivity index (χ1v) is 8.26. The molecule has 0 unspecified atom stereocenters. The maximum absolute atomic E-state index is 12.4. The molecule has 3 N–H and O–H groups in total. The molecule has 128 valence electrons. The summed E-state index contributed by atoms with van der Waals surface area (Å²) >= 11 is 0. The van der Waals surface area contributed by atoms with E-state index in [1.807, 2.05) is 55.5 Å². The summed E-state index contributed by atoms with van der Waals surface area (Å²) in [6, 6.07) is 18.7. The van der Waals surface area contributed by atoms with Crippen LogP contribution < -0.4 is 5.43 Å². The number of phenols is 1. The van der Waals surface area contributed by atoms with E-state index in [0.29, 0.717) is 0 Å². The van der Waals surface area contributed by atoms with Crippen LogP contribution in [0.1, 0.15) is 21.6 Å². The minimum atomic E-state index is -0.456. The fourth-order valence-electron chi connectivity index (χ4n) is 3.09. The third-order valence-electron chi connectivity index (χ3n) is 4.41. The third-order valence-corrected chi connectivity index (χ3v) is 4.41. The van der Waals surface area contributed by atoms with Crippen molar-refractivity contribution in [2.75, 3.05) is 0 Å². The first-order valence-electron chi connectivity index (χ1n) is 8.26. The Kier molecular flexibility index (Phi) is 3.89. The molecule has 1 aromatic heterocycles. The second-order valence-corrected chi connectivity index (χ2v) is 6.12. The predicted octanol–water partition coefficient (Wildman–Crippen LogP) is 4.10. The number of nitrogens with one attached hydrogen (secondary N) is 2. The molecule has 3 aromatic carbocycles. The van der Waals surface area contributed by atoms with Gasteiger partial charge in [0, 0.05) is 22.2 Å². The van der Waals surface area contributed by atoms with Crippen LogP contribution in [0, 0.1) is 6.92 Å². The molecule has 0 aliphatic rings. The van der Waals surface area contributed by atoms with Crippen molar-refractivity contribution in [3.05, 3.63) is 77.5 Å². The van der Waals surface area contributed by atoms with E-state index < -0.39 is 5.91 Å². The Morgan fingerprint density at radius 1 is 1.08 bits per heavy atom. The highest BCUT2D eigenvalue weighted by Gasteiger charge is 2.12. The van der Waals surface area contributed by atoms with E-state index in [2.05, 4.69) is 15.5 Å². The number of aromatic amines is 1. The predicted molar refractivity (Wildman–Crippen MR) is 104 cm³/mol. The number of aromatic nitrogens is 1. The van der Waals surface area contributed by atoms with Gasteiger partial charge in [-0.3, -0.25) is 4.79 Å². The molecule has 0 spiro atoms. The number of hydrazone groups is 1. The number of phenolic OH excluding ortho intramolecular Hbond substituents is 1. The fourth-order valence-corrected chi connectivity index (χ4v) is 3.09. The van der Waals surface area contributed by atoms with Gasteiger partial charge in [-0.05, 0) is 35.9 Å². The number of amides is 1. The lowest BCUT2D eigenvalue weighted by Crippen LogP contribution is -2.17. The number of carbonyl (C=O) groups is 1. The van der Waals surface area contributed by atoms with Crippen molar-refractivity contribution in [1.29, 1.82) is 0 Å². The van der Waals surface area contributed by atoms with E-state index in [-0.39, 0.29) is 11.3 Å². The van der Waals surface area contributed by atoms with Crippen molar-refractivity contribution in [3.63, 3.8) is 0 Å². The number of aryl methyl sites for hydroxylation is 1. The summed E-state index contributed by atoms with van der Waals surface area (Å²) in [5.74, 6) is -0.526. The Labute approximate surface area is 150 Å². The lowest BCUT2D eigenvalue weighted by atomic mass is 10.1. The number of H-pyrrole nitrogens is 1. The number of aromatic hydroxyl groups is 1. The molecule has 0 bridgehead atoms. The quantitative estimate of drug-likeness (QED) is 0.387. The normalized spacial score (nSPS) is 11.4. The minimum absolute atomic E-state index is 0.0697. The number of rotatable bonds is 3. The SMILES string of the molecule is Cc1[nH]c2ccccc2c1/C=N/NC(=O)c1cc2ccccc2cc1O. The van der Waals surface area contributed by atoms with Gasteiger partial charge in [0.2, 0.25) is 0 Å². The van der Waals surface area contributed by atoms with Gasteiger partial charge in [-0.2, -0.15) is 5.10 Å². The van der Waals surface area contributed by atoms with Crippen LogP contribution in [-0.4, -0.2) is 22.2 Å². The lowest BCUT2D eigenvalue weighted by molar-refractivity contribution is 0.0952. The maximum atomic E-state index is 12.4. The average Bonchev–Trinajstić information content (AvgIpc) is 2.96. The Balaban J connectivity index is 1.59. The fraction of sp³-hybridized carbons (Fsp3) is 0.0476. The Hall–Kier alpha value is -3.60. The monoisotopic (exact) mass is 343 g/mol. The van der Waals surface area contributed by atoms with Crippen molar-refractivity contribution >= 4 is 33.8 Å². The molecule has 5 heteroatoms. The molecule has 1 amide bonds. The van der Waals surface area contributed by atoms with Crippen molar-refractivity contribution < 1.29 is 9.90 Å². The van der Waals surface area contributed by atoms with Gasteiger partial charge in [-0.15, -0.1) is 0 Å². The van der Waals surface area contributed by atoms with Crippen molar-refractivity contribution in [1.82, 2.24) is 10.4 Å². The van der Waals surface area contributed by atoms with E-state index in [1.165, 1.54) is 0 Å². The first-order chi connectivity index (χ1) is 12.6. The van der Waals surface area contributed by atoms with E-state index in [1.54, 1.807) is 18.3 Å². The number of fused-ring (bicyclic) bond motifs is 2. The van der Waals surface area contributed by atoms with E-state index >= 15 is 0 Å². The minimum Gasteiger partial charge on any atom is -0.507 e. The highest BCUT2D eigenvalue weighted by atomic mass is 16.3. The van der Waals surface area contributed by atoms with Crippen molar-refractivity contribution in [2.24, 2.45) is 5.10 Å². The Morgan fingerprint density at radius 3 is 2.58 bits per heavy atom. The summed E-state index contributed by atoms with van der Waals surface area (Å²) in [4.78, 5) is 15.7. The van der Waals surface area contributed by atoms with Crippen LogP contribution in [0.5, 0.6) is 5.75 Å². The van der Waals surface area contributed by atoms with Crippen LogP contribution in [0.15, 0.2) is 65.8 Å². The molecule has 0 fully saturated rings. The van der Waals surface area contributed by atoms with Gasteiger partial charge in [0.05, 0.1) is 11.8 Å². The second kappa shape index (κ2) is 6.37. The molecule has 4 rings (SSSR count). The molecule has 26 heavy (non-hydrogen) atoms. The van der Waals surface area contributed by atoms with Gasteiger partial charge >= 0.3 is 0 Å². The highest BCUT2D eigenvalue weighted by molar-refractivity contribution is 6.03. The van der Waals surface area contributed by atoms with Gasteiger partial charge in [-0.1, -0.05) is 42.5 Å². The summed E-state index contributed by atoms with van der Waals surface area (Å²) in [7, 11) is 0. The molecular weight excluding hydrogens is 326 g/mol. The van der Waals surface area contributed by atoms with Crippen LogP contribution >= 0.6 is 0 Å². The van der Waals surface area contributed by atoms with E-state index in [0.717, 1.165) is 32.9 Å². The zero-order valence-electron chi connectivity index (χ0n) is 14.2. The molecule has 5 nitrogen and oxygen atoms in total. The summed E-state index contributed by atoms with van der Waals surface area (Å²) in [6.07, 6.45) is 1.62. The number of nitrogens with zero attached hydrogens (tertiary/aromatic N) is 1. The zero-order valence-corrected chi connectivity index (χ0v) is 14.2. The van der Waals surface area contributed by atoms with Crippen LogP contribution in [0.3, 0.4) is 0 Å². The molecule has 0 atom stereocenters. The number of carbonyl (C=O) groups excluding carboxylic acids is 1. The van der Waals surface area contributed by atoms with Crippen LogP contribution in [0.2, 0.25) is 0 Å². The van der Waals surface area contributed by atoms with Gasteiger partial charge in [0.25, 0.3) is 5.91 Å². The summed E-state index contributed by atoms with van der Waals surface area (Å²) in [5, 5.41) is 17.0. The molecule has 0 saturated heterocycles. The van der Waals surface area contributed by atoms with Gasteiger partial charge < -0.3 is 10.1 Å². The second-order valence-electron chi connectivity index (χ2n) is 6.12. The molecule has 0 radical (unpaired) electrons. The Bertz CT molecular complexity index is 1160. The topological polar surface area (TPSA) is 77.5 Å². The highest BCUT2D eigenvalue weighted by Crippen LogP contribution is 2.25. The van der Waals surface area contributed by atoms with Crippen molar-refractivity contribution in [2.45, 2.75) is 6.92 Å². The number of hydrogen-bond acceptors (Lipinski definition) is 3. The van der Waals surface area contributed by atoms with Crippen LogP contribution in [0.4, 0.5) is 0 Å². The zero-order chi connectivity index (χ0) is 18.1. The molecule has 0 aliphatic heterocycles. The third kappa shape index (κ3) is 2.80. The standard InChI is InChI=1S/C21H17N3O2/c1-13-18(16-8-4-5-9-19(16)23-13)12-22-24-21(26)17-10-14-6-2-3-7-15(14)11-20(17)25/h2-12,23,25H,1H3,(H,24,26)/b22-12+. The lowest BCUT2D eigenvalue weighted by Gasteiger charge is -2.05. The van der Waals surface area contributed by atoms with E-state index in [4.69, 9.17) is 0 Å². The summed E-state index contributed by atoms with van der Waals surface area (Å²) < 4.78 is 0.